The second-order valence-electron chi connectivity index (χ2n) is 5.10. The summed E-state index contributed by atoms with van der Waals surface area (Å²) in [6.45, 7) is 6.32. The van der Waals surface area contributed by atoms with E-state index >= 15 is 0 Å². The molecule has 1 rings (SSSR count). The lowest BCUT2D eigenvalue weighted by molar-refractivity contribution is -0.0901. The Kier molecular flexibility index (Phi) is 6.78. The van der Waals surface area contributed by atoms with Crippen LogP contribution in [0.3, 0.4) is 0 Å². The number of rotatable bonds is 9. The van der Waals surface area contributed by atoms with Crippen LogP contribution in [0.5, 0.6) is 0 Å². The first-order valence-electron chi connectivity index (χ1n) is 6.52. The molecule has 1 aromatic carbocycles. The second kappa shape index (κ2) is 8.10. The summed E-state index contributed by atoms with van der Waals surface area (Å²) in [6.07, 6.45) is 2.82. The Balaban J connectivity index is 2.69. The number of benzene rings is 1. The van der Waals surface area contributed by atoms with Gasteiger partial charge in [-0.15, -0.1) is 6.58 Å². The predicted octanol–water partition coefficient (Wildman–Crippen LogP) is 2.79. The average Bonchev–Trinajstić information content (AvgIpc) is 2.40. The molecule has 3 nitrogen and oxygen atoms in total. The van der Waals surface area contributed by atoms with E-state index in [2.05, 4.69) is 25.6 Å². The fraction of sp³-hybridized carbons (Fsp3) is 0.500. The van der Waals surface area contributed by atoms with Crippen LogP contribution >= 0.6 is 0 Å². The van der Waals surface area contributed by atoms with Crippen molar-refractivity contribution in [2.75, 3.05) is 20.5 Å². The lowest BCUT2D eigenvalue weighted by atomic mass is 9.76. The third kappa shape index (κ3) is 5.15. The van der Waals surface area contributed by atoms with E-state index in [9.17, 15) is 5.11 Å². The van der Waals surface area contributed by atoms with Gasteiger partial charge in [0.15, 0.2) is 0 Å². The summed E-state index contributed by atoms with van der Waals surface area (Å²) in [4.78, 5) is 0. The fourth-order valence-electron chi connectivity index (χ4n) is 2.16. The number of methoxy groups -OCH3 is 1. The van der Waals surface area contributed by atoms with E-state index in [1.54, 1.807) is 7.11 Å². The van der Waals surface area contributed by atoms with E-state index < -0.39 is 6.10 Å². The lowest BCUT2D eigenvalue weighted by Gasteiger charge is -2.33. The summed E-state index contributed by atoms with van der Waals surface area (Å²) in [5.74, 6) is 0. The molecule has 2 atom stereocenters. The molecule has 0 radical (unpaired) electrons. The van der Waals surface area contributed by atoms with E-state index in [-0.39, 0.29) is 18.8 Å². The van der Waals surface area contributed by atoms with Gasteiger partial charge < -0.3 is 14.6 Å². The number of hydrogen-bond donors (Lipinski definition) is 1. The maximum atomic E-state index is 10.4. The van der Waals surface area contributed by atoms with E-state index in [4.69, 9.17) is 9.47 Å². The molecule has 0 bridgehead atoms. The maximum Gasteiger partial charge on any atom is 0.146 e. The largest absolute Gasteiger partial charge is 0.390 e. The lowest BCUT2D eigenvalue weighted by Crippen LogP contribution is -2.37. The highest BCUT2D eigenvalue weighted by Gasteiger charge is 2.32. The molecule has 0 aliphatic heterocycles. The van der Waals surface area contributed by atoms with Crippen molar-refractivity contribution in [3.8, 4) is 0 Å². The Morgan fingerprint density at radius 2 is 2.05 bits per heavy atom. The SMILES string of the molecule is C=CCC(C)(Cc1ccccc1)[C@H](O)COCOC. The number of aliphatic hydroxyl groups is 1. The molecule has 0 saturated heterocycles. The van der Waals surface area contributed by atoms with Crippen LogP contribution in [-0.2, 0) is 15.9 Å². The molecule has 1 N–H and O–H groups in total. The molecule has 19 heavy (non-hydrogen) atoms. The summed E-state index contributed by atoms with van der Waals surface area (Å²) in [5, 5.41) is 10.4. The van der Waals surface area contributed by atoms with Crippen LogP contribution in [0.1, 0.15) is 18.9 Å². The highest BCUT2D eigenvalue weighted by Crippen LogP contribution is 2.31. The summed E-state index contributed by atoms with van der Waals surface area (Å²) >= 11 is 0. The Labute approximate surface area is 115 Å². The minimum absolute atomic E-state index is 0.201. The summed E-state index contributed by atoms with van der Waals surface area (Å²) in [5.41, 5.74) is 0.925. The van der Waals surface area contributed by atoms with Gasteiger partial charge in [0, 0.05) is 12.5 Å². The first-order chi connectivity index (χ1) is 9.12. The van der Waals surface area contributed by atoms with Gasteiger partial charge in [-0.1, -0.05) is 43.3 Å². The van der Waals surface area contributed by atoms with Crippen LogP contribution in [0, 0.1) is 5.41 Å². The molecule has 3 heteroatoms. The molecule has 0 aliphatic rings. The number of aliphatic hydroxyl groups excluding tert-OH is 1. The Morgan fingerprint density at radius 1 is 1.37 bits per heavy atom. The van der Waals surface area contributed by atoms with Crippen molar-refractivity contribution in [1.29, 1.82) is 0 Å². The Morgan fingerprint density at radius 3 is 2.63 bits per heavy atom. The zero-order chi connectivity index (χ0) is 14.1. The third-order valence-corrected chi connectivity index (χ3v) is 3.34. The van der Waals surface area contributed by atoms with Crippen molar-refractivity contribution in [1.82, 2.24) is 0 Å². The molecule has 0 spiro atoms. The first-order valence-corrected chi connectivity index (χ1v) is 6.52. The molecule has 1 unspecified atom stereocenters. The highest BCUT2D eigenvalue weighted by atomic mass is 16.7. The van der Waals surface area contributed by atoms with Crippen molar-refractivity contribution in [2.24, 2.45) is 5.41 Å². The molecule has 0 saturated carbocycles. The monoisotopic (exact) mass is 264 g/mol. The second-order valence-corrected chi connectivity index (χ2v) is 5.10. The molecule has 106 valence electrons. The standard InChI is InChI=1S/C16H24O3/c1-4-10-16(2,15(17)12-19-13-18-3)11-14-8-6-5-7-9-14/h4-9,15,17H,1,10-13H2,2-3H3/t15-,16?/m1/s1. The molecule has 0 amide bonds. The summed E-state index contributed by atoms with van der Waals surface area (Å²) < 4.78 is 10.1. The van der Waals surface area contributed by atoms with E-state index in [0.29, 0.717) is 0 Å². The van der Waals surface area contributed by atoms with E-state index in [0.717, 1.165) is 12.8 Å². The zero-order valence-corrected chi connectivity index (χ0v) is 11.8. The van der Waals surface area contributed by atoms with Gasteiger partial charge in [0.2, 0.25) is 0 Å². The van der Waals surface area contributed by atoms with Crippen molar-refractivity contribution < 1.29 is 14.6 Å². The van der Waals surface area contributed by atoms with Gasteiger partial charge in [0.25, 0.3) is 0 Å². The van der Waals surface area contributed by atoms with Crippen molar-refractivity contribution in [2.45, 2.75) is 25.9 Å². The normalized spacial score (nSPS) is 15.7. The molecule has 0 aromatic heterocycles. The minimum Gasteiger partial charge on any atom is -0.390 e. The van der Waals surface area contributed by atoms with Gasteiger partial charge in [-0.3, -0.25) is 0 Å². The van der Waals surface area contributed by atoms with Crippen molar-refractivity contribution in [3.05, 3.63) is 48.6 Å². The van der Waals surface area contributed by atoms with Crippen molar-refractivity contribution in [3.63, 3.8) is 0 Å². The smallest absolute Gasteiger partial charge is 0.146 e. The van der Waals surface area contributed by atoms with Gasteiger partial charge >= 0.3 is 0 Å². The number of allylic oxidation sites excluding steroid dienone is 1. The molecular formula is C16H24O3. The minimum atomic E-state index is -0.555. The number of ether oxygens (including phenoxy) is 2. The van der Waals surface area contributed by atoms with Gasteiger partial charge in [-0.05, 0) is 18.4 Å². The molecule has 0 heterocycles. The quantitative estimate of drug-likeness (QED) is 0.423. The van der Waals surface area contributed by atoms with Gasteiger partial charge in [-0.2, -0.15) is 0 Å². The highest BCUT2D eigenvalue weighted by molar-refractivity contribution is 5.17. The van der Waals surface area contributed by atoms with Gasteiger partial charge in [0.1, 0.15) is 6.79 Å². The van der Waals surface area contributed by atoms with Crippen LogP contribution in [0.15, 0.2) is 43.0 Å². The summed E-state index contributed by atoms with van der Waals surface area (Å²) in [7, 11) is 1.57. The predicted molar refractivity (Wildman–Crippen MR) is 76.9 cm³/mol. The zero-order valence-electron chi connectivity index (χ0n) is 11.8. The number of hydrogen-bond acceptors (Lipinski definition) is 3. The maximum absolute atomic E-state index is 10.4. The van der Waals surface area contributed by atoms with Crippen LogP contribution in [0.2, 0.25) is 0 Å². The van der Waals surface area contributed by atoms with Gasteiger partial charge in [-0.25, -0.2) is 0 Å². The van der Waals surface area contributed by atoms with Crippen LogP contribution < -0.4 is 0 Å². The van der Waals surface area contributed by atoms with Gasteiger partial charge in [0.05, 0.1) is 12.7 Å². The Hall–Kier alpha value is -1.16. The average molecular weight is 264 g/mol. The van der Waals surface area contributed by atoms with Crippen LogP contribution in [-0.4, -0.2) is 31.7 Å². The molecule has 0 fully saturated rings. The third-order valence-electron chi connectivity index (χ3n) is 3.34. The fourth-order valence-corrected chi connectivity index (χ4v) is 2.16. The topological polar surface area (TPSA) is 38.7 Å². The van der Waals surface area contributed by atoms with E-state index in [1.807, 2.05) is 24.3 Å². The van der Waals surface area contributed by atoms with E-state index in [1.165, 1.54) is 5.56 Å². The van der Waals surface area contributed by atoms with Crippen LogP contribution in [0.25, 0.3) is 0 Å². The Bertz CT molecular complexity index is 364. The summed E-state index contributed by atoms with van der Waals surface area (Å²) in [6, 6.07) is 10.2. The first kappa shape index (κ1) is 15.9. The molecule has 0 aliphatic carbocycles. The molecule has 1 aromatic rings. The van der Waals surface area contributed by atoms with Crippen LogP contribution in [0.4, 0.5) is 0 Å². The van der Waals surface area contributed by atoms with Crippen molar-refractivity contribution >= 4 is 0 Å². The molecular weight excluding hydrogens is 240 g/mol.